The van der Waals surface area contributed by atoms with E-state index < -0.39 is 11.9 Å². The molecule has 0 aromatic heterocycles. The van der Waals surface area contributed by atoms with Gasteiger partial charge in [0, 0.05) is 27.4 Å². The second kappa shape index (κ2) is 9.75. The first-order valence-corrected chi connectivity index (χ1v) is 12.0. The van der Waals surface area contributed by atoms with Gasteiger partial charge in [-0.3, -0.25) is 0 Å². The third-order valence-electron chi connectivity index (χ3n) is 5.72. The van der Waals surface area contributed by atoms with E-state index in [4.69, 9.17) is 25.8 Å². The fourth-order valence-corrected chi connectivity index (χ4v) is 4.61. The molecule has 3 nitrogen and oxygen atoms in total. The Labute approximate surface area is 208 Å². The number of ether oxygens (including phenoxy) is 3. The minimum Gasteiger partial charge on any atom is -0.489 e. The molecule has 0 N–H and O–H groups in total. The van der Waals surface area contributed by atoms with Crippen LogP contribution >= 0.6 is 27.5 Å². The SMILES string of the molecule is CC(C)(C)[C@@H]1OC[C@@](Cc2c(OCc3ccccc3)ccc(Cl)c2Br)(c2ccccc2F)O1. The molecular formula is C27H27BrClFO3. The highest BCUT2D eigenvalue weighted by Gasteiger charge is 2.48. The van der Waals surface area contributed by atoms with Gasteiger partial charge in [-0.1, -0.05) is 80.9 Å². The molecule has 3 aromatic carbocycles. The number of benzene rings is 3. The van der Waals surface area contributed by atoms with Gasteiger partial charge in [0.1, 0.15) is 23.8 Å². The predicted molar refractivity (Wildman–Crippen MR) is 132 cm³/mol. The normalized spacial score (nSPS) is 20.7. The van der Waals surface area contributed by atoms with Gasteiger partial charge in [0.2, 0.25) is 0 Å². The molecule has 0 spiro atoms. The molecule has 0 saturated carbocycles. The van der Waals surface area contributed by atoms with Crippen LogP contribution in [0.5, 0.6) is 5.75 Å². The third kappa shape index (κ3) is 5.27. The molecule has 0 amide bonds. The van der Waals surface area contributed by atoms with Crippen molar-refractivity contribution in [3.8, 4) is 5.75 Å². The van der Waals surface area contributed by atoms with Crippen LogP contribution in [-0.4, -0.2) is 12.9 Å². The average Bonchev–Trinajstić information content (AvgIpc) is 3.23. The first-order chi connectivity index (χ1) is 15.7. The Morgan fingerprint density at radius 1 is 1.06 bits per heavy atom. The van der Waals surface area contributed by atoms with Crippen molar-refractivity contribution in [1.82, 2.24) is 0 Å². The molecule has 4 rings (SSSR count). The molecule has 1 aliphatic rings. The molecule has 33 heavy (non-hydrogen) atoms. The van der Waals surface area contributed by atoms with Crippen LogP contribution in [-0.2, 0) is 28.1 Å². The van der Waals surface area contributed by atoms with E-state index in [9.17, 15) is 0 Å². The minimum absolute atomic E-state index is 0.215. The van der Waals surface area contributed by atoms with Gasteiger partial charge in [0.15, 0.2) is 6.29 Å². The lowest BCUT2D eigenvalue weighted by Crippen LogP contribution is -2.36. The van der Waals surface area contributed by atoms with Gasteiger partial charge in [-0.05, 0) is 39.7 Å². The summed E-state index contributed by atoms with van der Waals surface area (Å²) in [4.78, 5) is 0. The van der Waals surface area contributed by atoms with Crippen LogP contribution in [0.2, 0.25) is 5.02 Å². The Kier molecular flexibility index (Phi) is 7.15. The van der Waals surface area contributed by atoms with Gasteiger partial charge in [0.05, 0.1) is 11.6 Å². The highest BCUT2D eigenvalue weighted by Crippen LogP contribution is 2.46. The van der Waals surface area contributed by atoms with Gasteiger partial charge in [0.25, 0.3) is 0 Å². The Balaban J connectivity index is 1.73. The lowest BCUT2D eigenvalue weighted by atomic mass is 9.87. The van der Waals surface area contributed by atoms with Crippen molar-refractivity contribution in [2.24, 2.45) is 5.41 Å². The van der Waals surface area contributed by atoms with E-state index in [0.717, 1.165) is 11.1 Å². The van der Waals surface area contributed by atoms with Crippen LogP contribution in [0.1, 0.15) is 37.5 Å². The maximum Gasteiger partial charge on any atom is 0.163 e. The van der Waals surface area contributed by atoms with E-state index >= 15 is 4.39 Å². The third-order valence-corrected chi connectivity index (χ3v) is 7.17. The summed E-state index contributed by atoms with van der Waals surface area (Å²) in [6, 6.07) is 20.3. The summed E-state index contributed by atoms with van der Waals surface area (Å²) in [6.07, 6.45) is -0.157. The van der Waals surface area contributed by atoms with Crippen molar-refractivity contribution in [1.29, 1.82) is 0 Å². The second-order valence-corrected chi connectivity index (χ2v) is 10.6. The molecule has 1 saturated heterocycles. The van der Waals surface area contributed by atoms with Crippen molar-refractivity contribution in [3.63, 3.8) is 0 Å². The molecule has 174 valence electrons. The second-order valence-electron chi connectivity index (χ2n) is 9.39. The van der Waals surface area contributed by atoms with Gasteiger partial charge in [-0.25, -0.2) is 4.39 Å². The smallest absolute Gasteiger partial charge is 0.163 e. The van der Waals surface area contributed by atoms with Crippen molar-refractivity contribution in [2.45, 2.75) is 45.7 Å². The van der Waals surface area contributed by atoms with Crippen LogP contribution in [0.25, 0.3) is 0 Å². The lowest BCUT2D eigenvalue weighted by Gasteiger charge is -2.32. The van der Waals surface area contributed by atoms with Crippen molar-refractivity contribution in [2.75, 3.05) is 6.61 Å². The number of rotatable bonds is 6. The molecule has 2 atom stereocenters. The van der Waals surface area contributed by atoms with E-state index in [1.807, 2.05) is 63.2 Å². The van der Waals surface area contributed by atoms with Crippen molar-refractivity contribution in [3.05, 3.63) is 98.7 Å². The van der Waals surface area contributed by atoms with Gasteiger partial charge < -0.3 is 14.2 Å². The first kappa shape index (κ1) is 24.2. The summed E-state index contributed by atoms with van der Waals surface area (Å²) in [5, 5.41) is 0.548. The number of hydrogen-bond donors (Lipinski definition) is 0. The number of halogens is 3. The molecule has 0 radical (unpaired) electrons. The van der Waals surface area contributed by atoms with Crippen LogP contribution in [0.15, 0.2) is 71.2 Å². The maximum absolute atomic E-state index is 15.1. The summed E-state index contributed by atoms with van der Waals surface area (Å²) in [7, 11) is 0. The zero-order valence-electron chi connectivity index (χ0n) is 18.9. The Bertz CT molecular complexity index is 1120. The molecule has 1 aliphatic heterocycles. The molecule has 1 fully saturated rings. The molecule has 0 aliphatic carbocycles. The molecule has 3 aromatic rings. The van der Waals surface area contributed by atoms with E-state index in [1.54, 1.807) is 18.2 Å². The summed E-state index contributed by atoms with van der Waals surface area (Å²) in [6.45, 7) is 6.74. The minimum atomic E-state index is -1.03. The first-order valence-electron chi connectivity index (χ1n) is 10.9. The highest BCUT2D eigenvalue weighted by atomic mass is 79.9. The fraction of sp³-hybridized carbons (Fsp3) is 0.333. The zero-order valence-corrected chi connectivity index (χ0v) is 21.3. The van der Waals surface area contributed by atoms with E-state index in [-0.39, 0.29) is 17.8 Å². The molecule has 0 bridgehead atoms. The van der Waals surface area contributed by atoms with E-state index in [0.29, 0.717) is 33.8 Å². The standard InChI is InChI=1S/C27H27BrClFO3/c1-26(2,3)25-32-17-27(33-25,20-11-7-8-12-22(20)30)15-19-23(14-13-21(29)24(19)28)31-16-18-9-5-4-6-10-18/h4-14,25H,15-17H2,1-3H3/t25-,27+/m1/s1. The fourth-order valence-electron chi connectivity index (χ4n) is 3.97. The van der Waals surface area contributed by atoms with Crippen LogP contribution in [0.4, 0.5) is 4.39 Å². The molecule has 1 heterocycles. The zero-order chi connectivity index (χ0) is 23.6. The highest BCUT2D eigenvalue weighted by molar-refractivity contribution is 9.10. The molecule has 0 unspecified atom stereocenters. The lowest BCUT2D eigenvalue weighted by molar-refractivity contribution is -0.149. The van der Waals surface area contributed by atoms with Crippen molar-refractivity contribution < 1.29 is 18.6 Å². The van der Waals surface area contributed by atoms with E-state index in [1.165, 1.54) is 6.07 Å². The van der Waals surface area contributed by atoms with Gasteiger partial charge >= 0.3 is 0 Å². The predicted octanol–water partition coefficient (Wildman–Crippen LogP) is 7.68. The maximum atomic E-state index is 15.1. The Morgan fingerprint density at radius 2 is 1.76 bits per heavy atom. The van der Waals surface area contributed by atoms with Crippen LogP contribution < -0.4 is 4.74 Å². The molecule has 6 heteroatoms. The monoisotopic (exact) mass is 532 g/mol. The Morgan fingerprint density at radius 3 is 2.42 bits per heavy atom. The quantitative estimate of drug-likeness (QED) is 0.325. The van der Waals surface area contributed by atoms with E-state index in [2.05, 4.69) is 15.9 Å². The van der Waals surface area contributed by atoms with Crippen molar-refractivity contribution >= 4 is 27.5 Å². The van der Waals surface area contributed by atoms with Gasteiger partial charge in [-0.15, -0.1) is 0 Å². The molecular weight excluding hydrogens is 507 g/mol. The summed E-state index contributed by atoms with van der Waals surface area (Å²) >= 11 is 10.1. The summed E-state index contributed by atoms with van der Waals surface area (Å²) in [5.74, 6) is 0.328. The summed E-state index contributed by atoms with van der Waals surface area (Å²) < 4.78 is 34.5. The average molecular weight is 534 g/mol. The largest absolute Gasteiger partial charge is 0.489 e. The summed E-state index contributed by atoms with van der Waals surface area (Å²) in [5.41, 5.74) is 1.01. The van der Waals surface area contributed by atoms with Crippen LogP contribution in [0, 0.1) is 11.2 Å². The topological polar surface area (TPSA) is 27.7 Å². The van der Waals surface area contributed by atoms with Gasteiger partial charge in [-0.2, -0.15) is 0 Å². The van der Waals surface area contributed by atoms with Crippen LogP contribution in [0.3, 0.4) is 0 Å². The Hall–Kier alpha value is -1.92. The number of hydrogen-bond acceptors (Lipinski definition) is 3.